The summed E-state index contributed by atoms with van der Waals surface area (Å²) in [6.07, 6.45) is 1.64. The Hall–Kier alpha value is -5.02. The van der Waals surface area contributed by atoms with Crippen molar-refractivity contribution >= 4 is 17.1 Å². The van der Waals surface area contributed by atoms with Gasteiger partial charge in [-0.05, 0) is 53.6 Å². The fraction of sp³-hybridized carbons (Fsp3) is 0. The molecule has 0 unspecified atom stereocenters. The molecule has 176 valence electrons. The molecule has 0 amide bonds. The highest BCUT2D eigenvalue weighted by molar-refractivity contribution is 5.80. The smallest absolute Gasteiger partial charge is 0.116 e. The first-order valence-corrected chi connectivity index (χ1v) is 12.3. The predicted molar refractivity (Wildman–Crippen MR) is 153 cm³/mol. The van der Waals surface area contributed by atoms with Crippen molar-refractivity contribution in [2.45, 2.75) is 0 Å². The molecule has 0 atom stereocenters. The molecular formula is C34H25N3. The molecule has 0 radical (unpaired) electrons. The molecule has 0 saturated heterocycles. The molecule has 0 fully saturated rings. The van der Waals surface area contributed by atoms with E-state index in [2.05, 4.69) is 124 Å². The highest BCUT2D eigenvalue weighted by Crippen LogP contribution is 2.36. The van der Waals surface area contributed by atoms with Crippen molar-refractivity contribution in [3.63, 3.8) is 0 Å². The molecule has 0 aliphatic heterocycles. The Labute approximate surface area is 217 Å². The van der Waals surface area contributed by atoms with Gasteiger partial charge in [0.25, 0.3) is 0 Å². The van der Waals surface area contributed by atoms with Crippen LogP contribution in [0, 0.1) is 0 Å². The number of aromatic nitrogens is 2. The zero-order valence-corrected chi connectivity index (χ0v) is 20.3. The Morgan fingerprint density at radius 2 is 0.811 bits per heavy atom. The summed E-state index contributed by atoms with van der Waals surface area (Å²) in [4.78, 5) is 11.3. The molecular weight excluding hydrogens is 450 g/mol. The summed E-state index contributed by atoms with van der Waals surface area (Å²) in [6.45, 7) is 0. The summed E-state index contributed by atoms with van der Waals surface area (Å²) in [5.41, 5.74) is 9.66. The Morgan fingerprint density at radius 3 is 1.41 bits per heavy atom. The molecule has 0 saturated carbocycles. The third-order valence-electron chi connectivity index (χ3n) is 6.38. The summed E-state index contributed by atoms with van der Waals surface area (Å²) in [5, 5.41) is 0. The van der Waals surface area contributed by atoms with Gasteiger partial charge in [0.05, 0.1) is 11.4 Å². The van der Waals surface area contributed by atoms with Crippen molar-refractivity contribution < 1.29 is 0 Å². The average Bonchev–Trinajstić information content (AvgIpc) is 2.99. The van der Waals surface area contributed by atoms with Crippen molar-refractivity contribution in [2.75, 3.05) is 4.90 Å². The van der Waals surface area contributed by atoms with Crippen LogP contribution in [0.5, 0.6) is 0 Å². The van der Waals surface area contributed by atoms with Gasteiger partial charge in [-0.3, -0.25) is 0 Å². The highest BCUT2D eigenvalue weighted by Gasteiger charge is 2.13. The van der Waals surface area contributed by atoms with Gasteiger partial charge in [0.2, 0.25) is 0 Å². The van der Waals surface area contributed by atoms with Gasteiger partial charge in [-0.2, -0.15) is 0 Å². The molecule has 0 aliphatic rings. The Kier molecular flexibility index (Phi) is 6.25. The lowest BCUT2D eigenvalue weighted by Gasteiger charge is -2.25. The lowest BCUT2D eigenvalue weighted by Crippen LogP contribution is -2.09. The number of hydrogen-bond acceptors (Lipinski definition) is 3. The van der Waals surface area contributed by atoms with Crippen molar-refractivity contribution in [1.82, 2.24) is 9.97 Å². The topological polar surface area (TPSA) is 29.0 Å². The highest BCUT2D eigenvalue weighted by atomic mass is 15.1. The van der Waals surface area contributed by atoms with E-state index in [4.69, 9.17) is 0 Å². The lowest BCUT2D eigenvalue weighted by atomic mass is 10.0. The van der Waals surface area contributed by atoms with E-state index in [1.165, 1.54) is 0 Å². The van der Waals surface area contributed by atoms with E-state index >= 15 is 0 Å². The standard InChI is InChI=1S/C34H25N3/c1-4-11-27(12-5-1)33-24-34(36-25-35-33)28-21-19-26(20-22-28)29-13-10-18-32(23-29)37(30-14-6-2-7-15-30)31-16-8-3-9-17-31/h1-25H. The maximum absolute atomic E-state index is 4.52. The molecule has 3 heteroatoms. The zero-order chi connectivity index (χ0) is 24.9. The molecule has 0 spiro atoms. The first-order chi connectivity index (χ1) is 18.3. The number of nitrogens with zero attached hydrogens (tertiary/aromatic N) is 3. The van der Waals surface area contributed by atoms with E-state index in [0.29, 0.717) is 0 Å². The SMILES string of the molecule is c1ccc(-c2cc(-c3ccc(-c4cccc(N(c5ccccc5)c5ccccc5)c4)cc3)ncn2)cc1. The van der Waals surface area contributed by atoms with Gasteiger partial charge in [0, 0.05) is 28.2 Å². The predicted octanol–water partition coefficient (Wildman–Crippen LogP) is 8.95. The van der Waals surface area contributed by atoms with Gasteiger partial charge in [-0.15, -0.1) is 0 Å². The molecule has 1 aromatic heterocycles. The second-order valence-electron chi connectivity index (χ2n) is 8.79. The van der Waals surface area contributed by atoms with Crippen LogP contribution in [0.3, 0.4) is 0 Å². The van der Waals surface area contributed by atoms with E-state index in [1.54, 1.807) is 6.33 Å². The molecule has 3 nitrogen and oxygen atoms in total. The lowest BCUT2D eigenvalue weighted by molar-refractivity contribution is 1.18. The van der Waals surface area contributed by atoms with E-state index in [-0.39, 0.29) is 0 Å². The van der Waals surface area contributed by atoms with Gasteiger partial charge in [-0.1, -0.05) is 103 Å². The first kappa shape index (κ1) is 22.4. The molecule has 0 N–H and O–H groups in total. The fourth-order valence-electron chi connectivity index (χ4n) is 4.54. The summed E-state index contributed by atoms with van der Waals surface area (Å²) >= 11 is 0. The van der Waals surface area contributed by atoms with Gasteiger partial charge in [-0.25, -0.2) is 9.97 Å². The number of benzene rings is 5. The monoisotopic (exact) mass is 475 g/mol. The molecule has 0 aliphatic carbocycles. The van der Waals surface area contributed by atoms with E-state index in [1.807, 2.05) is 36.4 Å². The van der Waals surface area contributed by atoms with Crippen LogP contribution in [0.2, 0.25) is 0 Å². The van der Waals surface area contributed by atoms with Crippen LogP contribution in [0.15, 0.2) is 152 Å². The maximum atomic E-state index is 4.52. The van der Waals surface area contributed by atoms with E-state index < -0.39 is 0 Å². The number of hydrogen-bond donors (Lipinski definition) is 0. The number of anilines is 3. The third-order valence-corrected chi connectivity index (χ3v) is 6.38. The fourth-order valence-corrected chi connectivity index (χ4v) is 4.54. The van der Waals surface area contributed by atoms with Crippen molar-refractivity contribution in [1.29, 1.82) is 0 Å². The van der Waals surface area contributed by atoms with Gasteiger partial charge in [0.15, 0.2) is 0 Å². The van der Waals surface area contributed by atoms with Crippen LogP contribution in [0.4, 0.5) is 17.1 Å². The summed E-state index contributed by atoms with van der Waals surface area (Å²) in [6, 6.07) is 50.4. The van der Waals surface area contributed by atoms with E-state index in [0.717, 1.165) is 50.7 Å². The molecule has 5 aromatic carbocycles. The average molecular weight is 476 g/mol. The van der Waals surface area contributed by atoms with Crippen LogP contribution in [0.1, 0.15) is 0 Å². The number of rotatable bonds is 6. The quantitative estimate of drug-likeness (QED) is 0.241. The second-order valence-corrected chi connectivity index (χ2v) is 8.79. The van der Waals surface area contributed by atoms with Crippen molar-refractivity contribution in [3.8, 4) is 33.6 Å². The summed E-state index contributed by atoms with van der Waals surface area (Å²) in [7, 11) is 0. The van der Waals surface area contributed by atoms with Crippen molar-refractivity contribution in [2.24, 2.45) is 0 Å². The van der Waals surface area contributed by atoms with Crippen LogP contribution in [-0.4, -0.2) is 9.97 Å². The minimum absolute atomic E-state index is 0.911. The molecule has 6 rings (SSSR count). The minimum atomic E-state index is 0.911. The van der Waals surface area contributed by atoms with E-state index in [9.17, 15) is 0 Å². The largest absolute Gasteiger partial charge is 0.310 e. The molecule has 6 aromatic rings. The molecule has 37 heavy (non-hydrogen) atoms. The third kappa shape index (κ3) is 4.89. The second kappa shape index (κ2) is 10.3. The van der Waals surface area contributed by atoms with Gasteiger partial charge in [0.1, 0.15) is 6.33 Å². The van der Waals surface area contributed by atoms with Crippen LogP contribution < -0.4 is 4.90 Å². The zero-order valence-electron chi connectivity index (χ0n) is 20.3. The Morgan fingerprint density at radius 1 is 0.351 bits per heavy atom. The normalized spacial score (nSPS) is 10.7. The Bertz CT molecular complexity index is 1560. The Balaban J connectivity index is 1.32. The van der Waals surface area contributed by atoms with Crippen LogP contribution >= 0.6 is 0 Å². The van der Waals surface area contributed by atoms with Gasteiger partial charge >= 0.3 is 0 Å². The van der Waals surface area contributed by atoms with Crippen LogP contribution in [0.25, 0.3) is 33.6 Å². The first-order valence-electron chi connectivity index (χ1n) is 12.3. The number of para-hydroxylation sites is 2. The maximum Gasteiger partial charge on any atom is 0.116 e. The van der Waals surface area contributed by atoms with Crippen LogP contribution in [-0.2, 0) is 0 Å². The molecule has 1 heterocycles. The van der Waals surface area contributed by atoms with Crippen molar-refractivity contribution in [3.05, 3.63) is 152 Å². The minimum Gasteiger partial charge on any atom is -0.310 e. The summed E-state index contributed by atoms with van der Waals surface area (Å²) in [5.74, 6) is 0. The summed E-state index contributed by atoms with van der Waals surface area (Å²) < 4.78 is 0. The van der Waals surface area contributed by atoms with Gasteiger partial charge < -0.3 is 4.90 Å². The molecule has 0 bridgehead atoms.